The number of hydrogen-bond acceptors (Lipinski definition) is 3. The van der Waals surface area contributed by atoms with E-state index in [0.717, 1.165) is 0 Å². The van der Waals surface area contributed by atoms with Gasteiger partial charge in [0.25, 0.3) is 0 Å². The summed E-state index contributed by atoms with van der Waals surface area (Å²) >= 11 is 5.69. The first-order valence-electron chi connectivity index (χ1n) is 27.9. The summed E-state index contributed by atoms with van der Waals surface area (Å²) in [5.74, 6) is 9.21. The first-order chi connectivity index (χ1) is 38.4. The van der Waals surface area contributed by atoms with Crippen molar-refractivity contribution >= 4 is 325 Å². The number of hydrogen-bond donors (Lipinski definition) is 0. The van der Waals surface area contributed by atoms with Crippen LogP contribution in [0.25, 0.3) is 310 Å². The smallest absolute Gasteiger partial charge is 0.0950 e. The van der Waals surface area contributed by atoms with E-state index in [-0.39, 0.29) is 5.92 Å². The second kappa shape index (κ2) is 7.25. The lowest BCUT2D eigenvalue weighted by Crippen LogP contribution is -2.36. The maximum absolute atomic E-state index is 4.74. The van der Waals surface area contributed by atoms with Gasteiger partial charge in [0, 0.05) is 26.1 Å². The first-order valence-corrected chi connectivity index (χ1v) is 30.5. The molecule has 0 spiro atoms. The van der Waals surface area contributed by atoms with E-state index in [4.69, 9.17) is 5.92 Å². The molecule has 31 aromatic rings. The lowest BCUT2D eigenvalue weighted by atomic mass is 9.57. The summed E-state index contributed by atoms with van der Waals surface area (Å²) < 4.78 is 0. The minimum Gasteiger partial charge on any atom is -0.143 e. The number of rotatable bonds is 2. The van der Waals surface area contributed by atoms with Crippen molar-refractivity contribution in [2.75, 3.05) is 0 Å². The molecule has 0 nitrogen and oxygen atoms in total. The fourth-order valence-corrected chi connectivity index (χ4v) is 28.0. The summed E-state index contributed by atoms with van der Waals surface area (Å²) in [6.07, 6.45) is 0. The van der Waals surface area contributed by atoms with Crippen molar-refractivity contribution in [3.8, 4) is 31.3 Å². The van der Waals surface area contributed by atoms with Gasteiger partial charge in [-0.3, -0.25) is 0 Å². The van der Waals surface area contributed by atoms with E-state index < -0.39 is 5.41 Å². The molecule has 0 saturated carbocycles. The minimum atomic E-state index is -0.566. The topological polar surface area (TPSA) is 0 Å². The van der Waals surface area contributed by atoms with Crippen molar-refractivity contribution in [2.24, 2.45) is 0 Å². The highest BCUT2D eigenvalue weighted by molar-refractivity contribution is 7.26. The Morgan fingerprint density at radius 3 is 0.844 bits per heavy atom. The lowest BCUT2D eigenvalue weighted by Gasteiger charge is -2.41. The summed E-state index contributed by atoms with van der Waals surface area (Å²) in [5, 5.41) is 93.0. The lowest BCUT2D eigenvalue weighted by molar-refractivity contribution is 0.610. The van der Waals surface area contributed by atoms with E-state index in [0.29, 0.717) is 0 Å². The molecule has 4 aliphatic carbocycles. The van der Waals surface area contributed by atoms with E-state index in [1.165, 1.54) is 25.1 Å². The van der Waals surface area contributed by atoms with Crippen LogP contribution in [0.1, 0.15) is 33.7 Å². The number of benzene rings is 18. The van der Waals surface area contributed by atoms with Gasteiger partial charge in [-0.25, -0.2) is 0 Å². The van der Waals surface area contributed by atoms with Gasteiger partial charge in [-0.05, 0) is 342 Å². The zero-order valence-corrected chi connectivity index (χ0v) is 41.3. The quantitative estimate of drug-likeness (QED) is 0.120. The summed E-state index contributed by atoms with van der Waals surface area (Å²) in [4.78, 5) is 5.35. The van der Waals surface area contributed by atoms with Gasteiger partial charge in [-0.1, -0.05) is 24.0 Å². The molecule has 35 rings (SSSR count). The Labute approximate surface area is 433 Å². The molecule has 0 saturated heterocycles. The molecule has 0 unspecified atom stereocenters. The Bertz CT molecular complexity index is 7840. The van der Waals surface area contributed by atoms with Crippen molar-refractivity contribution in [1.29, 1.82) is 0 Å². The molecule has 0 N–H and O–H groups in total. The molecular formula is C74H8S3. The molecule has 0 aliphatic heterocycles. The molecule has 0 amide bonds. The van der Waals surface area contributed by atoms with Crippen LogP contribution in [0.4, 0.5) is 0 Å². The van der Waals surface area contributed by atoms with Crippen LogP contribution in [0, 0.1) is 11.8 Å². The highest BCUT2D eigenvalue weighted by atomic mass is 32.1. The summed E-state index contributed by atoms with van der Waals surface area (Å²) in [5.41, 5.74) is 7.24. The van der Waals surface area contributed by atoms with Crippen LogP contribution in [0.2, 0.25) is 0 Å². The van der Waals surface area contributed by atoms with Gasteiger partial charge >= 0.3 is 0 Å². The Morgan fingerprint density at radius 1 is 0.286 bits per heavy atom. The largest absolute Gasteiger partial charge is 0.143 e. The van der Waals surface area contributed by atoms with E-state index in [1.54, 1.807) is 313 Å². The normalized spacial score (nSPS) is 19.8. The predicted octanol–water partition coefficient (Wildman–Crippen LogP) is 21.7. The predicted molar refractivity (Wildman–Crippen MR) is 333 cm³/mol. The molecule has 28 aromatic carbocycles. The van der Waals surface area contributed by atoms with Crippen molar-refractivity contribution in [3.63, 3.8) is 0 Å². The SMILES string of the molecule is C(#CC12c3c4c5c6c7c8c(c9c%10c1c1c3c3c%11c4c4c5c5c7c7c%12c8c8c9c9c%10c%10c1c1c3c3c%11c%11c4c4c5c7c5c7c%12c8c8c9c9c%10c1c1c3c3c%11c4c5c4c7c8c9c1c34)C62)c1cc(-c2cccs2)sc1-c1cccs1. The van der Waals surface area contributed by atoms with Gasteiger partial charge < -0.3 is 0 Å². The monoisotopic (exact) mass is 992 g/mol. The standard InChI is InChI=1S/C74H8S3/c1-3-11(75-7-1)13-9-10(73(77-13)12-4-2-8-76-12)5-6-74-70-66-60-46-38-30-18-15-14-16-19(18)31-33-29-23(16)25-21-17(14)20-24-22(15)28-32(30)44(46)52-50-36(28)34(24)42-40-26(20)27(21)41-43-35(25)37(29)51-53-45(33)47(39(31)38)61(60)67(70)63(53)65-57(51)55(43)59-49(41)48(40)58-54(42)56(50)64(62(52)66)71(74)68(58)69(59)72(65)74/h1-4,7-9,70H. The molecule has 3 heteroatoms. The Hall–Kier alpha value is -8.88. The Balaban J connectivity index is 1.03. The zero-order valence-electron chi connectivity index (χ0n) is 38.8. The molecule has 0 bridgehead atoms. The van der Waals surface area contributed by atoms with Gasteiger partial charge in [0.15, 0.2) is 0 Å². The van der Waals surface area contributed by atoms with E-state index in [9.17, 15) is 0 Å². The van der Waals surface area contributed by atoms with Crippen LogP contribution in [0.3, 0.4) is 0 Å². The molecule has 3 aromatic heterocycles. The van der Waals surface area contributed by atoms with E-state index in [1.807, 2.05) is 34.0 Å². The molecule has 77 heavy (non-hydrogen) atoms. The van der Waals surface area contributed by atoms with Crippen molar-refractivity contribution in [3.05, 3.63) is 68.9 Å². The fourth-order valence-electron chi connectivity index (χ4n) is 25.2. The van der Waals surface area contributed by atoms with Gasteiger partial charge in [-0.2, -0.15) is 0 Å². The van der Waals surface area contributed by atoms with Crippen molar-refractivity contribution < 1.29 is 0 Å². The average Bonchev–Trinajstić information content (AvgIpc) is 1.67. The molecule has 0 atom stereocenters. The third kappa shape index (κ3) is 1.80. The summed E-state index contributed by atoms with van der Waals surface area (Å²) in [6.45, 7) is 0. The molecule has 322 valence electrons. The van der Waals surface area contributed by atoms with E-state index >= 15 is 0 Å². The van der Waals surface area contributed by atoms with Crippen LogP contribution in [0.15, 0.2) is 41.1 Å². The van der Waals surface area contributed by atoms with Crippen LogP contribution >= 0.6 is 34.0 Å². The molecule has 0 radical (unpaired) electrons. The van der Waals surface area contributed by atoms with Gasteiger partial charge in [-0.15, -0.1) is 34.0 Å². The van der Waals surface area contributed by atoms with Crippen LogP contribution < -0.4 is 0 Å². The molecular weight excluding hydrogens is 985 g/mol. The third-order valence-corrected chi connectivity index (χ3v) is 29.0. The average molecular weight is 993 g/mol. The zero-order chi connectivity index (χ0) is 45.9. The summed E-state index contributed by atoms with van der Waals surface area (Å²) in [7, 11) is 0. The number of thiophene rings is 3. The fraction of sp³-hybridized carbons (Fsp3) is 0.0270. The second-order valence-corrected chi connectivity index (χ2v) is 29.6. The molecule has 3 heterocycles. The van der Waals surface area contributed by atoms with Crippen LogP contribution in [-0.4, -0.2) is 0 Å². The van der Waals surface area contributed by atoms with E-state index in [2.05, 4.69) is 47.0 Å². The van der Waals surface area contributed by atoms with Gasteiger partial charge in [0.2, 0.25) is 0 Å². The molecule has 4 aliphatic rings. The first kappa shape index (κ1) is 30.0. The minimum absolute atomic E-state index is 0.112. The maximum atomic E-state index is 4.74. The van der Waals surface area contributed by atoms with Crippen molar-refractivity contribution in [2.45, 2.75) is 11.3 Å². The second-order valence-electron chi connectivity index (χ2n) is 26.6. The third-order valence-electron chi connectivity index (χ3n) is 25.8. The highest BCUT2D eigenvalue weighted by Crippen LogP contribution is 2.83. The maximum Gasteiger partial charge on any atom is 0.0950 e. The van der Waals surface area contributed by atoms with Crippen LogP contribution in [0.5, 0.6) is 0 Å². The Morgan fingerprint density at radius 2 is 0.545 bits per heavy atom. The van der Waals surface area contributed by atoms with Gasteiger partial charge in [0.1, 0.15) is 0 Å². The van der Waals surface area contributed by atoms with Crippen LogP contribution in [-0.2, 0) is 5.41 Å². The summed E-state index contributed by atoms with van der Waals surface area (Å²) in [6, 6.07) is 11.6. The Kier molecular flexibility index (Phi) is 2.83. The molecule has 0 fully saturated rings. The highest BCUT2D eigenvalue weighted by Gasteiger charge is 2.63. The van der Waals surface area contributed by atoms with Gasteiger partial charge in [0.05, 0.1) is 10.3 Å². The van der Waals surface area contributed by atoms with Crippen molar-refractivity contribution in [1.82, 2.24) is 0 Å².